The lowest BCUT2D eigenvalue weighted by Crippen LogP contribution is -2.28. The maximum atomic E-state index is 11.0. The maximum Gasteiger partial charge on any atom is 0.216 e. The van der Waals surface area contributed by atoms with Gasteiger partial charge in [0.2, 0.25) is 5.91 Å². The lowest BCUT2D eigenvalue weighted by Gasteiger charge is -2.07. The average Bonchev–Trinajstić information content (AvgIpc) is 2.88. The van der Waals surface area contributed by atoms with Gasteiger partial charge in [0.25, 0.3) is 0 Å². The lowest BCUT2D eigenvalue weighted by molar-refractivity contribution is -0.118. The maximum absolute atomic E-state index is 11.0. The van der Waals surface area contributed by atoms with E-state index in [0.717, 1.165) is 28.1 Å². The predicted molar refractivity (Wildman–Crippen MR) is 94.9 cm³/mol. The quantitative estimate of drug-likeness (QED) is 0.785. The van der Waals surface area contributed by atoms with Gasteiger partial charge in [0, 0.05) is 36.5 Å². The number of rotatable bonds is 4. The van der Waals surface area contributed by atoms with E-state index < -0.39 is 0 Å². The predicted octanol–water partition coefficient (Wildman–Crippen LogP) is 3.38. The summed E-state index contributed by atoms with van der Waals surface area (Å²) in [4.78, 5) is 16.8. The Morgan fingerprint density at radius 1 is 1.22 bits per heavy atom. The van der Waals surface area contributed by atoms with Gasteiger partial charge in [-0.15, -0.1) is 11.3 Å². The third-order valence-corrected chi connectivity index (χ3v) is 4.67. The molecule has 118 valence electrons. The van der Waals surface area contributed by atoms with Gasteiger partial charge in [-0.1, -0.05) is 36.4 Å². The summed E-state index contributed by atoms with van der Waals surface area (Å²) < 4.78 is 2.14. The van der Waals surface area contributed by atoms with Gasteiger partial charge in [-0.05, 0) is 18.4 Å². The van der Waals surface area contributed by atoms with Crippen molar-refractivity contribution in [3.8, 4) is 0 Å². The minimum absolute atomic E-state index is 0.00831. The molecule has 3 rings (SSSR count). The van der Waals surface area contributed by atoms with Gasteiger partial charge in [0.1, 0.15) is 0 Å². The molecule has 2 aromatic carbocycles. The zero-order chi connectivity index (χ0) is 16.2. The van der Waals surface area contributed by atoms with Gasteiger partial charge in [0.05, 0.1) is 5.69 Å². The Morgan fingerprint density at radius 2 is 2.00 bits per heavy atom. The highest BCUT2D eigenvalue weighted by Gasteiger charge is 2.04. The van der Waals surface area contributed by atoms with Crippen LogP contribution in [0.3, 0.4) is 0 Å². The number of aryl methyl sites for hydroxylation is 1. The Hall–Kier alpha value is -2.40. The van der Waals surface area contributed by atoms with Gasteiger partial charge >= 0.3 is 0 Å². The van der Waals surface area contributed by atoms with Crippen molar-refractivity contribution in [1.29, 1.82) is 0 Å². The highest BCUT2D eigenvalue weighted by Crippen LogP contribution is 2.25. The average molecular weight is 325 g/mol. The van der Waals surface area contributed by atoms with Crippen LogP contribution in [0.5, 0.6) is 0 Å². The van der Waals surface area contributed by atoms with E-state index in [1.165, 1.54) is 12.3 Å². The monoisotopic (exact) mass is 325 g/mol. The van der Waals surface area contributed by atoms with E-state index in [1.54, 1.807) is 11.3 Å². The molecular weight excluding hydrogens is 306 g/mol. The number of aromatic nitrogens is 1. The fourth-order valence-electron chi connectivity index (χ4n) is 2.53. The summed E-state index contributed by atoms with van der Waals surface area (Å²) >= 11 is 1.62. The molecule has 0 fully saturated rings. The Labute approximate surface area is 139 Å². The number of thiazole rings is 1. The molecule has 0 saturated heterocycles. The van der Waals surface area contributed by atoms with E-state index in [1.807, 2.05) is 24.3 Å². The number of hydrogen-bond acceptors (Lipinski definition) is 3. The molecule has 0 aliphatic rings. The molecule has 1 heterocycles. The molecule has 1 aromatic heterocycles. The molecule has 4 nitrogen and oxygen atoms in total. The SMILES string of the molecule is CC(=O)NCCn1c(C)csc1=Nc1cccc2ccccc12. The van der Waals surface area contributed by atoms with Crippen molar-refractivity contribution < 1.29 is 4.79 Å². The van der Waals surface area contributed by atoms with E-state index in [0.29, 0.717) is 6.54 Å². The van der Waals surface area contributed by atoms with Crippen molar-refractivity contribution in [2.45, 2.75) is 20.4 Å². The van der Waals surface area contributed by atoms with Crippen molar-refractivity contribution in [3.05, 3.63) is 58.3 Å². The van der Waals surface area contributed by atoms with E-state index >= 15 is 0 Å². The number of carbonyl (C=O) groups excluding carboxylic acids is 1. The number of hydrogen-bond donors (Lipinski definition) is 1. The summed E-state index contributed by atoms with van der Waals surface area (Å²) in [5.74, 6) is -0.00831. The minimum Gasteiger partial charge on any atom is -0.355 e. The third kappa shape index (κ3) is 3.51. The van der Waals surface area contributed by atoms with Crippen LogP contribution in [0.4, 0.5) is 5.69 Å². The number of benzene rings is 2. The number of nitrogens with one attached hydrogen (secondary N) is 1. The Bertz CT molecular complexity index is 903. The molecule has 3 aromatic rings. The molecule has 0 aliphatic carbocycles. The minimum atomic E-state index is -0.00831. The first kappa shape index (κ1) is 15.5. The fraction of sp³-hybridized carbons (Fsp3) is 0.222. The molecule has 0 spiro atoms. The number of amides is 1. The summed E-state index contributed by atoms with van der Waals surface area (Å²) in [5, 5.41) is 7.26. The Balaban J connectivity index is 2.00. The first-order valence-electron chi connectivity index (χ1n) is 7.57. The normalized spacial score (nSPS) is 11.8. The van der Waals surface area contributed by atoms with Crippen LogP contribution in [-0.4, -0.2) is 17.0 Å². The highest BCUT2D eigenvalue weighted by molar-refractivity contribution is 7.07. The summed E-state index contributed by atoms with van der Waals surface area (Å²) in [6.45, 7) is 4.92. The molecule has 0 atom stereocenters. The fourth-order valence-corrected chi connectivity index (χ4v) is 3.44. The third-order valence-electron chi connectivity index (χ3n) is 3.68. The molecule has 1 N–H and O–H groups in total. The first-order chi connectivity index (χ1) is 11.1. The van der Waals surface area contributed by atoms with Crippen molar-refractivity contribution in [1.82, 2.24) is 9.88 Å². The van der Waals surface area contributed by atoms with Crippen LogP contribution in [-0.2, 0) is 11.3 Å². The van der Waals surface area contributed by atoms with Gasteiger partial charge in [0.15, 0.2) is 4.80 Å². The first-order valence-corrected chi connectivity index (χ1v) is 8.45. The highest BCUT2D eigenvalue weighted by atomic mass is 32.1. The Kier molecular flexibility index (Phi) is 4.57. The zero-order valence-electron chi connectivity index (χ0n) is 13.2. The van der Waals surface area contributed by atoms with Gasteiger partial charge in [-0.25, -0.2) is 4.99 Å². The molecule has 0 unspecified atom stereocenters. The van der Waals surface area contributed by atoms with Crippen LogP contribution in [0.15, 0.2) is 52.8 Å². The van der Waals surface area contributed by atoms with Crippen molar-refractivity contribution >= 4 is 33.7 Å². The molecule has 0 radical (unpaired) electrons. The second-order valence-electron chi connectivity index (χ2n) is 5.40. The molecule has 5 heteroatoms. The van der Waals surface area contributed by atoms with Crippen LogP contribution in [0.25, 0.3) is 10.8 Å². The van der Waals surface area contributed by atoms with Crippen LogP contribution >= 0.6 is 11.3 Å². The largest absolute Gasteiger partial charge is 0.355 e. The van der Waals surface area contributed by atoms with E-state index in [9.17, 15) is 4.79 Å². The van der Waals surface area contributed by atoms with Crippen LogP contribution in [0.1, 0.15) is 12.6 Å². The molecule has 23 heavy (non-hydrogen) atoms. The summed E-state index contributed by atoms with van der Waals surface area (Å²) in [6.07, 6.45) is 0. The van der Waals surface area contributed by atoms with E-state index in [-0.39, 0.29) is 5.91 Å². The van der Waals surface area contributed by atoms with Gasteiger partial charge < -0.3 is 9.88 Å². The topological polar surface area (TPSA) is 46.4 Å². The summed E-state index contributed by atoms with van der Waals surface area (Å²) in [6, 6.07) is 14.4. The number of nitrogens with zero attached hydrogens (tertiary/aromatic N) is 2. The standard InChI is InChI=1S/C18H19N3OS/c1-13-12-23-18(21(13)11-10-19-14(2)22)20-17-9-5-7-15-6-3-4-8-16(15)17/h3-9,12H,10-11H2,1-2H3,(H,19,22). The van der Waals surface area contributed by atoms with Crippen molar-refractivity contribution in [2.75, 3.05) is 6.54 Å². The summed E-state index contributed by atoms with van der Waals surface area (Å²) in [5.41, 5.74) is 2.12. The molecule has 0 saturated carbocycles. The number of fused-ring (bicyclic) bond motifs is 1. The van der Waals surface area contributed by atoms with Crippen molar-refractivity contribution in [2.24, 2.45) is 4.99 Å². The van der Waals surface area contributed by atoms with Gasteiger partial charge in [-0.2, -0.15) is 0 Å². The van der Waals surface area contributed by atoms with Crippen LogP contribution in [0, 0.1) is 6.92 Å². The lowest BCUT2D eigenvalue weighted by atomic mass is 10.1. The zero-order valence-corrected chi connectivity index (χ0v) is 14.1. The smallest absolute Gasteiger partial charge is 0.216 e. The van der Waals surface area contributed by atoms with E-state index in [2.05, 4.69) is 40.4 Å². The van der Waals surface area contributed by atoms with Crippen LogP contribution < -0.4 is 10.1 Å². The van der Waals surface area contributed by atoms with Gasteiger partial charge in [-0.3, -0.25) is 4.79 Å². The van der Waals surface area contributed by atoms with E-state index in [4.69, 9.17) is 4.99 Å². The van der Waals surface area contributed by atoms with Crippen molar-refractivity contribution in [3.63, 3.8) is 0 Å². The second-order valence-corrected chi connectivity index (χ2v) is 6.24. The molecular formula is C18H19N3OS. The second kappa shape index (κ2) is 6.79. The summed E-state index contributed by atoms with van der Waals surface area (Å²) in [7, 11) is 0. The Morgan fingerprint density at radius 3 is 2.83 bits per heavy atom. The van der Waals surface area contributed by atoms with Crippen LogP contribution in [0.2, 0.25) is 0 Å². The number of carbonyl (C=O) groups is 1. The molecule has 0 bridgehead atoms. The molecule has 1 amide bonds. The molecule has 0 aliphatic heterocycles.